The fraction of sp³-hybridized carbons (Fsp3) is 0.368. The average Bonchev–Trinajstić information content (AvgIpc) is 2.93. The zero-order valence-electron chi connectivity index (χ0n) is 13.4. The van der Waals surface area contributed by atoms with Crippen LogP contribution in [-0.2, 0) is 9.53 Å². The Morgan fingerprint density at radius 1 is 1.22 bits per heavy atom. The van der Waals surface area contributed by atoms with Gasteiger partial charge < -0.3 is 10.1 Å². The van der Waals surface area contributed by atoms with Crippen LogP contribution in [0.2, 0.25) is 0 Å². The van der Waals surface area contributed by atoms with E-state index in [2.05, 4.69) is 18.5 Å². The minimum absolute atomic E-state index is 0.0140. The fourth-order valence-corrected chi connectivity index (χ4v) is 3.21. The monoisotopic (exact) mass is 313 g/mol. The normalized spacial score (nSPS) is 26.3. The molecule has 4 atom stereocenters. The van der Waals surface area contributed by atoms with Gasteiger partial charge in [0.15, 0.2) is 0 Å². The molecule has 4 heteroatoms. The maximum absolute atomic E-state index is 12.5. The molecule has 1 N–H and O–H groups in total. The van der Waals surface area contributed by atoms with Crippen LogP contribution in [-0.4, -0.2) is 24.5 Å². The maximum Gasteiger partial charge on any atom is 0.311 e. The standard InChI is InChI=1S/C19H23NO3/c1-4-13-12-14(5-2)17(16(13)19(22)23-6-3)20-18(21)15-10-8-7-9-11-15/h4-5,7-11,13-14,16-17H,1-2,6,12H2,3H3,(H,20,21)/t13-,14+,16+,17-/m1/s1. The molecule has 1 amide bonds. The first-order valence-corrected chi connectivity index (χ1v) is 7.90. The highest BCUT2D eigenvalue weighted by Crippen LogP contribution is 2.39. The third-order valence-corrected chi connectivity index (χ3v) is 4.35. The van der Waals surface area contributed by atoms with E-state index in [1.54, 1.807) is 31.2 Å². The number of carbonyl (C=O) groups excluding carboxylic acids is 2. The van der Waals surface area contributed by atoms with Gasteiger partial charge in [0.05, 0.1) is 12.5 Å². The molecule has 0 heterocycles. The summed E-state index contributed by atoms with van der Waals surface area (Å²) in [6.45, 7) is 9.76. The summed E-state index contributed by atoms with van der Waals surface area (Å²) in [6.07, 6.45) is 4.30. The van der Waals surface area contributed by atoms with Gasteiger partial charge in [-0.2, -0.15) is 0 Å². The van der Waals surface area contributed by atoms with Crippen molar-refractivity contribution in [3.8, 4) is 0 Å². The number of esters is 1. The molecule has 1 aromatic carbocycles. The molecular formula is C19H23NO3. The van der Waals surface area contributed by atoms with Crippen molar-refractivity contribution in [2.24, 2.45) is 17.8 Å². The van der Waals surface area contributed by atoms with E-state index in [0.717, 1.165) is 6.42 Å². The SMILES string of the molecule is C=C[C@@H]1C[C@H](C=C)[C@@H](NC(=O)c2ccccc2)[C@H]1C(=O)OCC. The largest absolute Gasteiger partial charge is 0.466 e. The first kappa shape index (κ1) is 17.0. The van der Waals surface area contributed by atoms with Gasteiger partial charge in [-0.3, -0.25) is 9.59 Å². The van der Waals surface area contributed by atoms with Crippen molar-refractivity contribution in [3.05, 3.63) is 61.2 Å². The lowest BCUT2D eigenvalue weighted by Gasteiger charge is -2.24. The van der Waals surface area contributed by atoms with Crippen LogP contribution >= 0.6 is 0 Å². The molecule has 1 aromatic rings. The van der Waals surface area contributed by atoms with E-state index in [9.17, 15) is 9.59 Å². The summed E-state index contributed by atoms with van der Waals surface area (Å²) in [7, 11) is 0. The highest BCUT2D eigenvalue weighted by Gasteiger charge is 2.46. The fourth-order valence-electron chi connectivity index (χ4n) is 3.21. The highest BCUT2D eigenvalue weighted by atomic mass is 16.5. The molecule has 4 nitrogen and oxygen atoms in total. The van der Waals surface area contributed by atoms with Crippen LogP contribution in [0.1, 0.15) is 23.7 Å². The van der Waals surface area contributed by atoms with E-state index in [1.807, 2.05) is 18.2 Å². The second-order valence-corrected chi connectivity index (χ2v) is 5.68. The van der Waals surface area contributed by atoms with Crippen molar-refractivity contribution < 1.29 is 14.3 Å². The molecule has 1 saturated carbocycles. The Hall–Kier alpha value is -2.36. The number of hydrogen-bond donors (Lipinski definition) is 1. The molecule has 0 spiro atoms. The molecule has 23 heavy (non-hydrogen) atoms. The summed E-state index contributed by atoms with van der Waals surface area (Å²) in [4.78, 5) is 24.8. The molecule has 1 fully saturated rings. The number of hydrogen-bond acceptors (Lipinski definition) is 3. The summed E-state index contributed by atoms with van der Waals surface area (Å²) >= 11 is 0. The molecular weight excluding hydrogens is 290 g/mol. The smallest absolute Gasteiger partial charge is 0.311 e. The van der Waals surface area contributed by atoms with Gasteiger partial charge in [0.25, 0.3) is 5.91 Å². The van der Waals surface area contributed by atoms with Crippen molar-refractivity contribution in [2.45, 2.75) is 19.4 Å². The average molecular weight is 313 g/mol. The highest BCUT2D eigenvalue weighted by molar-refractivity contribution is 5.94. The summed E-state index contributed by atoms with van der Waals surface area (Å²) in [5.41, 5.74) is 0.569. The number of rotatable bonds is 6. The van der Waals surface area contributed by atoms with Crippen molar-refractivity contribution in [1.82, 2.24) is 5.32 Å². The number of amides is 1. The van der Waals surface area contributed by atoms with E-state index < -0.39 is 5.92 Å². The summed E-state index contributed by atoms with van der Waals surface area (Å²) in [5.74, 6) is -0.928. The van der Waals surface area contributed by atoms with Crippen LogP contribution in [0.25, 0.3) is 0 Å². The lowest BCUT2D eigenvalue weighted by molar-refractivity contribution is -0.149. The van der Waals surface area contributed by atoms with Crippen LogP contribution in [0.4, 0.5) is 0 Å². The summed E-state index contributed by atoms with van der Waals surface area (Å²) < 4.78 is 5.20. The predicted octanol–water partition coefficient (Wildman–Crippen LogP) is 2.97. The molecule has 2 rings (SSSR count). The van der Waals surface area contributed by atoms with Gasteiger partial charge >= 0.3 is 5.97 Å². The van der Waals surface area contributed by atoms with Crippen LogP contribution in [0, 0.1) is 17.8 Å². The molecule has 0 unspecified atom stereocenters. The molecule has 0 bridgehead atoms. The number of benzene rings is 1. The Morgan fingerprint density at radius 2 is 1.87 bits per heavy atom. The zero-order chi connectivity index (χ0) is 16.8. The number of carbonyl (C=O) groups is 2. The topological polar surface area (TPSA) is 55.4 Å². The van der Waals surface area contributed by atoms with Gasteiger partial charge in [-0.15, -0.1) is 13.2 Å². The van der Waals surface area contributed by atoms with E-state index in [0.29, 0.717) is 12.2 Å². The zero-order valence-corrected chi connectivity index (χ0v) is 13.4. The van der Waals surface area contributed by atoms with Crippen molar-refractivity contribution in [2.75, 3.05) is 6.61 Å². The first-order chi connectivity index (χ1) is 11.1. The van der Waals surface area contributed by atoms with Crippen LogP contribution in [0.5, 0.6) is 0 Å². The van der Waals surface area contributed by atoms with Gasteiger partial charge in [0.2, 0.25) is 0 Å². The van der Waals surface area contributed by atoms with Crippen LogP contribution in [0.15, 0.2) is 55.6 Å². The van der Waals surface area contributed by atoms with Crippen LogP contribution < -0.4 is 5.32 Å². The third kappa shape index (κ3) is 3.70. The van der Waals surface area contributed by atoms with E-state index >= 15 is 0 Å². The lowest BCUT2D eigenvalue weighted by Crippen LogP contribution is -2.45. The Morgan fingerprint density at radius 3 is 2.43 bits per heavy atom. The minimum Gasteiger partial charge on any atom is -0.466 e. The molecule has 1 aliphatic rings. The predicted molar refractivity (Wildman–Crippen MR) is 89.8 cm³/mol. The molecule has 1 aliphatic carbocycles. The van der Waals surface area contributed by atoms with E-state index in [4.69, 9.17) is 4.74 Å². The molecule has 0 radical (unpaired) electrons. The van der Waals surface area contributed by atoms with Gasteiger partial charge in [-0.05, 0) is 37.3 Å². The number of nitrogens with one attached hydrogen (secondary N) is 1. The third-order valence-electron chi connectivity index (χ3n) is 4.35. The summed E-state index contributed by atoms with van der Waals surface area (Å²) in [5, 5.41) is 2.99. The maximum atomic E-state index is 12.5. The van der Waals surface area contributed by atoms with Gasteiger partial charge in [-0.25, -0.2) is 0 Å². The van der Waals surface area contributed by atoms with Gasteiger partial charge in [-0.1, -0.05) is 30.4 Å². The Kier molecular flexibility index (Phi) is 5.74. The van der Waals surface area contributed by atoms with E-state index in [-0.39, 0.29) is 29.8 Å². The lowest BCUT2D eigenvalue weighted by atomic mass is 9.92. The number of allylic oxidation sites excluding steroid dienone is 1. The minimum atomic E-state index is -0.428. The van der Waals surface area contributed by atoms with Crippen molar-refractivity contribution in [1.29, 1.82) is 0 Å². The Balaban J connectivity index is 2.23. The quantitative estimate of drug-likeness (QED) is 0.649. The van der Waals surface area contributed by atoms with Gasteiger partial charge in [0.1, 0.15) is 0 Å². The molecule has 122 valence electrons. The first-order valence-electron chi connectivity index (χ1n) is 7.90. The van der Waals surface area contributed by atoms with Gasteiger partial charge in [0, 0.05) is 11.6 Å². The van der Waals surface area contributed by atoms with Crippen LogP contribution in [0.3, 0.4) is 0 Å². The number of ether oxygens (including phenoxy) is 1. The Labute approximate surface area is 137 Å². The second kappa shape index (κ2) is 7.77. The second-order valence-electron chi connectivity index (χ2n) is 5.68. The van der Waals surface area contributed by atoms with Crippen molar-refractivity contribution in [3.63, 3.8) is 0 Å². The molecule has 0 aromatic heterocycles. The molecule has 0 saturated heterocycles. The Bertz CT molecular complexity index is 582. The van der Waals surface area contributed by atoms with Crippen molar-refractivity contribution >= 4 is 11.9 Å². The summed E-state index contributed by atoms with van der Waals surface area (Å²) in [6, 6.07) is 8.64. The molecule has 0 aliphatic heterocycles. The van der Waals surface area contributed by atoms with E-state index in [1.165, 1.54) is 0 Å².